The van der Waals surface area contributed by atoms with E-state index in [-0.39, 0.29) is 30.5 Å². The molecular weight excluding hydrogens is 253 g/mol. The van der Waals surface area contributed by atoms with Gasteiger partial charge in [0.25, 0.3) is 0 Å². The summed E-state index contributed by atoms with van der Waals surface area (Å²) in [5, 5.41) is 15.1. The fraction of sp³-hybridized carbons (Fsp3) is 0. The molecule has 7 heteroatoms. The molecule has 0 amide bonds. The van der Waals surface area contributed by atoms with Crippen LogP contribution in [-0.2, 0) is 0 Å². The molecule has 5 nitrogen and oxygen atoms in total. The summed E-state index contributed by atoms with van der Waals surface area (Å²) in [6.45, 7) is 0. The Morgan fingerprint density at radius 1 is 1.19 bits per heavy atom. The third-order valence-corrected chi connectivity index (χ3v) is 1.81. The number of carboxylic acid groups (broad SMARTS) is 1. The number of nitrogens with one attached hydrogen (secondary N) is 1. The lowest BCUT2D eigenvalue weighted by Crippen LogP contribution is -1.98. The van der Waals surface area contributed by atoms with Crippen LogP contribution in [0.3, 0.4) is 0 Å². The second-order valence-corrected chi connectivity index (χ2v) is 2.72. The number of aromatic nitrogens is 3. The molecule has 0 fully saturated rings. The molecule has 2 aromatic rings. The summed E-state index contributed by atoms with van der Waals surface area (Å²) in [5.41, 5.74) is 1.76. The van der Waals surface area contributed by atoms with Gasteiger partial charge in [0, 0.05) is 23.5 Å². The maximum Gasteiger partial charge on any atom is 0.354 e. The summed E-state index contributed by atoms with van der Waals surface area (Å²) in [6.07, 6.45) is 4.88. The number of rotatable bonds is 2. The van der Waals surface area contributed by atoms with Crippen molar-refractivity contribution in [1.29, 1.82) is 0 Å². The second kappa shape index (κ2) is 6.09. The molecule has 0 aromatic carbocycles. The number of pyridine rings is 1. The van der Waals surface area contributed by atoms with Crippen molar-refractivity contribution in [2.75, 3.05) is 0 Å². The first-order chi connectivity index (χ1) is 6.77. The molecule has 0 atom stereocenters. The van der Waals surface area contributed by atoms with Crippen LogP contribution in [0.25, 0.3) is 11.1 Å². The van der Waals surface area contributed by atoms with Gasteiger partial charge in [-0.25, -0.2) is 9.78 Å². The van der Waals surface area contributed by atoms with E-state index in [0.717, 1.165) is 11.1 Å². The SMILES string of the molecule is Cl.Cl.O=C(O)c1ccc(-c2cn[nH]c2)cn1. The van der Waals surface area contributed by atoms with Gasteiger partial charge in [0.2, 0.25) is 0 Å². The van der Waals surface area contributed by atoms with E-state index in [1.807, 2.05) is 0 Å². The van der Waals surface area contributed by atoms with Crippen molar-refractivity contribution in [3.8, 4) is 11.1 Å². The van der Waals surface area contributed by atoms with Gasteiger partial charge >= 0.3 is 5.97 Å². The fourth-order valence-electron chi connectivity index (χ4n) is 1.10. The van der Waals surface area contributed by atoms with E-state index in [0.29, 0.717) is 0 Å². The molecule has 0 unspecified atom stereocenters. The Hall–Kier alpha value is -1.59. The van der Waals surface area contributed by atoms with Crippen molar-refractivity contribution >= 4 is 30.8 Å². The van der Waals surface area contributed by atoms with Crippen LogP contribution in [0.4, 0.5) is 0 Å². The van der Waals surface area contributed by atoms with Crippen LogP contribution in [0.15, 0.2) is 30.7 Å². The Bertz CT molecular complexity index is 442. The first-order valence-electron chi connectivity index (χ1n) is 3.96. The van der Waals surface area contributed by atoms with Crippen LogP contribution >= 0.6 is 24.8 Å². The van der Waals surface area contributed by atoms with Gasteiger partial charge in [-0.05, 0) is 6.07 Å². The highest BCUT2D eigenvalue weighted by atomic mass is 35.5. The average molecular weight is 262 g/mol. The number of nitrogens with zero attached hydrogens (tertiary/aromatic N) is 2. The molecule has 2 heterocycles. The smallest absolute Gasteiger partial charge is 0.354 e. The van der Waals surface area contributed by atoms with Crippen molar-refractivity contribution in [1.82, 2.24) is 15.2 Å². The van der Waals surface area contributed by atoms with Gasteiger partial charge in [0.05, 0.1) is 6.20 Å². The van der Waals surface area contributed by atoms with Gasteiger partial charge in [-0.1, -0.05) is 6.07 Å². The van der Waals surface area contributed by atoms with Crippen LogP contribution in [0.5, 0.6) is 0 Å². The number of aromatic amines is 1. The zero-order valence-electron chi connectivity index (χ0n) is 7.95. The zero-order chi connectivity index (χ0) is 9.97. The van der Waals surface area contributed by atoms with Gasteiger partial charge in [0.15, 0.2) is 0 Å². The molecule has 0 aliphatic rings. The van der Waals surface area contributed by atoms with Crippen molar-refractivity contribution in [2.45, 2.75) is 0 Å². The maximum atomic E-state index is 10.5. The van der Waals surface area contributed by atoms with E-state index in [1.165, 1.54) is 12.3 Å². The average Bonchev–Trinajstić information content (AvgIpc) is 2.71. The van der Waals surface area contributed by atoms with Crippen LogP contribution in [0, 0.1) is 0 Å². The monoisotopic (exact) mass is 261 g/mol. The van der Waals surface area contributed by atoms with Gasteiger partial charge in [-0.2, -0.15) is 5.10 Å². The summed E-state index contributed by atoms with van der Waals surface area (Å²) in [5.74, 6) is -1.02. The number of halogens is 2. The van der Waals surface area contributed by atoms with E-state index in [4.69, 9.17) is 5.11 Å². The Morgan fingerprint density at radius 2 is 1.94 bits per heavy atom. The molecule has 0 bridgehead atoms. The zero-order valence-corrected chi connectivity index (χ0v) is 9.59. The number of aromatic carboxylic acids is 1. The summed E-state index contributed by atoms with van der Waals surface area (Å²) in [6, 6.07) is 3.16. The van der Waals surface area contributed by atoms with Crippen molar-refractivity contribution in [3.05, 3.63) is 36.4 Å². The quantitative estimate of drug-likeness (QED) is 0.867. The lowest BCUT2D eigenvalue weighted by molar-refractivity contribution is 0.0690. The molecule has 86 valence electrons. The Labute approximate surface area is 104 Å². The first kappa shape index (κ1) is 14.4. The third-order valence-electron chi connectivity index (χ3n) is 1.81. The van der Waals surface area contributed by atoms with Crippen molar-refractivity contribution < 1.29 is 9.90 Å². The van der Waals surface area contributed by atoms with Crippen LogP contribution in [0.2, 0.25) is 0 Å². The number of hydrogen-bond donors (Lipinski definition) is 2. The highest BCUT2D eigenvalue weighted by Crippen LogP contribution is 2.15. The van der Waals surface area contributed by atoms with Crippen molar-refractivity contribution in [2.24, 2.45) is 0 Å². The Balaban J connectivity index is 0.00000112. The highest BCUT2D eigenvalue weighted by molar-refractivity contribution is 5.86. The third kappa shape index (κ3) is 2.95. The largest absolute Gasteiger partial charge is 0.477 e. The number of H-pyrrole nitrogens is 1. The second-order valence-electron chi connectivity index (χ2n) is 2.72. The molecule has 0 radical (unpaired) electrons. The summed E-state index contributed by atoms with van der Waals surface area (Å²) in [7, 11) is 0. The van der Waals surface area contributed by atoms with Crippen LogP contribution in [-0.4, -0.2) is 26.3 Å². The standard InChI is InChI=1S/C9H7N3O2.2ClH/c13-9(14)8-2-1-6(3-10-8)7-4-11-12-5-7;;/h1-5H,(H,11,12)(H,13,14);2*1H. The van der Waals surface area contributed by atoms with Gasteiger partial charge in [-0.15, -0.1) is 24.8 Å². The number of carboxylic acids is 1. The minimum Gasteiger partial charge on any atom is -0.477 e. The molecular formula is C9H9Cl2N3O2. The molecule has 2 rings (SSSR count). The topological polar surface area (TPSA) is 78.9 Å². The molecule has 16 heavy (non-hydrogen) atoms. The molecule has 2 N–H and O–H groups in total. The van der Waals surface area contributed by atoms with Gasteiger partial charge < -0.3 is 5.11 Å². The van der Waals surface area contributed by atoms with Gasteiger partial charge in [0.1, 0.15) is 5.69 Å². The Kier molecular flexibility index (Phi) is 5.49. The van der Waals surface area contributed by atoms with E-state index in [2.05, 4.69) is 15.2 Å². The van der Waals surface area contributed by atoms with Crippen molar-refractivity contribution in [3.63, 3.8) is 0 Å². The van der Waals surface area contributed by atoms with Crippen LogP contribution < -0.4 is 0 Å². The minimum atomic E-state index is -1.02. The molecule has 0 aliphatic carbocycles. The molecule has 0 saturated heterocycles. The number of carbonyl (C=O) groups is 1. The van der Waals surface area contributed by atoms with E-state index in [1.54, 1.807) is 18.5 Å². The van der Waals surface area contributed by atoms with Crippen LogP contribution in [0.1, 0.15) is 10.5 Å². The predicted molar refractivity (Wildman–Crippen MR) is 63.3 cm³/mol. The fourth-order valence-corrected chi connectivity index (χ4v) is 1.10. The van der Waals surface area contributed by atoms with E-state index < -0.39 is 5.97 Å². The molecule has 0 spiro atoms. The lowest BCUT2D eigenvalue weighted by atomic mass is 10.1. The highest BCUT2D eigenvalue weighted by Gasteiger charge is 2.04. The summed E-state index contributed by atoms with van der Waals surface area (Å²) >= 11 is 0. The summed E-state index contributed by atoms with van der Waals surface area (Å²) < 4.78 is 0. The van der Waals surface area contributed by atoms with Gasteiger partial charge in [-0.3, -0.25) is 5.10 Å². The molecule has 0 saturated carbocycles. The Morgan fingerprint density at radius 3 is 2.38 bits per heavy atom. The molecule has 0 aliphatic heterocycles. The van der Waals surface area contributed by atoms with E-state index >= 15 is 0 Å². The number of hydrogen-bond acceptors (Lipinski definition) is 3. The lowest BCUT2D eigenvalue weighted by Gasteiger charge is -1.96. The minimum absolute atomic E-state index is 0. The first-order valence-corrected chi connectivity index (χ1v) is 3.96. The summed E-state index contributed by atoms with van der Waals surface area (Å²) in [4.78, 5) is 14.3. The maximum absolute atomic E-state index is 10.5. The predicted octanol–water partition coefficient (Wildman–Crippen LogP) is 2.01. The molecule has 2 aromatic heterocycles. The van der Waals surface area contributed by atoms with E-state index in [9.17, 15) is 4.79 Å². The normalized spacial score (nSPS) is 8.75.